The van der Waals surface area contributed by atoms with Crippen LogP contribution in [0, 0.1) is 0 Å². The Bertz CT molecular complexity index is 1020. The molecule has 2 aromatic carbocycles. The van der Waals surface area contributed by atoms with E-state index < -0.39 is 0 Å². The smallest absolute Gasteiger partial charge is 0.191 e. The van der Waals surface area contributed by atoms with Crippen LogP contribution >= 0.6 is 0 Å². The Morgan fingerprint density at radius 3 is 2.62 bits per heavy atom. The van der Waals surface area contributed by atoms with E-state index in [-0.39, 0.29) is 6.04 Å². The van der Waals surface area contributed by atoms with E-state index in [2.05, 4.69) is 50.0 Å². The van der Waals surface area contributed by atoms with Gasteiger partial charge < -0.3 is 20.1 Å². The van der Waals surface area contributed by atoms with Crippen molar-refractivity contribution in [2.24, 2.45) is 4.99 Å². The average molecular weight is 435 g/mol. The molecule has 1 atom stereocenters. The maximum absolute atomic E-state index is 5.81. The maximum Gasteiger partial charge on any atom is 0.191 e. The number of para-hydroxylation sites is 1. The topological polar surface area (TPSA) is 85.6 Å². The molecule has 0 bridgehead atoms. The summed E-state index contributed by atoms with van der Waals surface area (Å²) in [5.41, 5.74) is 2.32. The summed E-state index contributed by atoms with van der Waals surface area (Å²) in [4.78, 5) is 8.91. The maximum atomic E-state index is 5.81. The highest BCUT2D eigenvalue weighted by Gasteiger charge is 2.22. The van der Waals surface area contributed by atoms with E-state index in [1.165, 1.54) is 5.56 Å². The molecule has 8 heteroatoms. The third-order valence-corrected chi connectivity index (χ3v) is 5.37. The number of benzene rings is 2. The fraction of sp³-hybridized carbons (Fsp3) is 0.375. The Morgan fingerprint density at radius 2 is 1.88 bits per heavy atom. The Balaban J connectivity index is 1.24. The van der Waals surface area contributed by atoms with Crippen LogP contribution in [0.1, 0.15) is 29.2 Å². The first kappa shape index (κ1) is 21.8. The highest BCUT2D eigenvalue weighted by atomic mass is 16.5. The van der Waals surface area contributed by atoms with Crippen molar-refractivity contribution in [1.82, 2.24) is 25.4 Å². The van der Waals surface area contributed by atoms with Crippen LogP contribution < -0.4 is 15.4 Å². The highest BCUT2D eigenvalue weighted by Crippen LogP contribution is 2.14. The number of aryl methyl sites for hydroxylation is 1. The van der Waals surface area contributed by atoms with Gasteiger partial charge in [-0.1, -0.05) is 42.5 Å². The van der Waals surface area contributed by atoms with Crippen molar-refractivity contribution in [2.45, 2.75) is 45.2 Å². The minimum atomic E-state index is 0.253. The number of nitrogens with zero attached hydrogens (tertiary/aromatic N) is 4. The van der Waals surface area contributed by atoms with Gasteiger partial charge in [-0.05, 0) is 29.7 Å². The van der Waals surface area contributed by atoms with Crippen LogP contribution in [-0.4, -0.2) is 40.9 Å². The van der Waals surface area contributed by atoms with Gasteiger partial charge in [-0.3, -0.25) is 4.99 Å². The van der Waals surface area contributed by atoms with Gasteiger partial charge in [0.15, 0.2) is 11.8 Å². The molecule has 3 aromatic rings. The van der Waals surface area contributed by atoms with E-state index in [9.17, 15) is 0 Å². The van der Waals surface area contributed by atoms with Crippen LogP contribution in [-0.2, 0) is 37.5 Å². The standard InChI is InChI=1S/C24H30N6O2/c1-25-24(27-20-12-13-23-28-22(17-31-2)29-30(23)15-20)26-14-18-8-10-19(11-9-18)16-32-21-6-4-3-5-7-21/h3-11,20H,12-17H2,1-2H3,(H2,25,26,27). The molecule has 0 amide bonds. The number of aliphatic imine (C=N–C) groups is 1. The van der Waals surface area contributed by atoms with Crippen LogP contribution in [0.15, 0.2) is 59.6 Å². The van der Waals surface area contributed by atoms with Crippen molar-refractivity contribution < 1.29 is 9.47 Å². The second-order valence-electron chi connectivity index (χ2n) is 7.78. The van der Waals surface area contributed by atoms with E-state index in [1.807, 2.05) is 35.0 Å². The van der Waals surface area contributed by atoms with Crippen molar-refractivity contribution in [3.05, 3.63) is 77.4 Å². The minimum Gasteiger partial charge on any atom is -0.489 e. The second-order valence-corrected chi connectivity index (χ2v) is 7.78. The summed E-state index contributed by atoms with van der Waals surface area (Å²) < 4.78 is 12.9. The molecule has 8 nitrogen and oxygen atoms in total. The van der Waals surface area contributed by atoms with E-state index in [0.717, 1.165) is 48.3 Å². The number of hydrogen-bond donors (Lipinski definition) is 2. The van der Waals surface area contributed by atoms with Gasteiger partial charge in [-0.15, -0.1) is 0 Å². The second kappa shape index (κ2) is 10.8. The van der Waals surface area contributed by atoms with Gasteiger partial charge in [0.1, 0.15) is 24.8 Å². The molecule has 2 N–H and O–H groups in total. The summed E-state index contributed by atoms with van der Waals surface area (Å²) in [6.45, 7) is 2.46. The third kappa shape index (κ3) is 5.85. The Kier molecular flexibility index (Phi) is 7.34. The molecule has 0 fully saturated rings. The molecule has 168 valence electrons. The summed E-state index contributed by atoms with van der Waals surface area (Å²) >= 11 is 0. The van der Waals surface area contributed by atoms with E-state index >= 15 is 0 Å². The molecule has 0 saturated carbocycles. The third-order valence-electron chi connectivity index (χ3n) is 5.37. The lowest BCUT2D eigenvalue weighted by atomic mass is 10.1. The van der Waals surface area contributed by atoms with Gasteiger partial charge in [0.05, 0.1) is 6.54 Å². The lowest BCUT2D eigenvalue weighted by Crippen LogP contribution is -2.46. The monoisotopic (exact) mass is 434 g/mol. The SMILES string of the molecule is CN=C(NCc1ccc(COc2ccccc2)cc1)NC1CCc2nc(COC)nn2C1. The molecule has 32 heavy (non-hydrogen) atoms. The fourth-order valence-corrected chi connectivity index (χ4v) is 3.68. The summed E-state index contributed by atoms with van der Waals surface area (Å²) in [6.07, 6.45) is 1.87. The van der Waals surface area contributed by atoms with Crippen LogP contribution in [0.3, 0.4) is 0 Å². The van der Waals surface area contributed by atoms with Crippen molar-refractivity contribution >= 4 is 5.96 Å². The first-order valence-electron chi connectivity index (χ1n) is 10.9. The molecule has 1 aromatic heterocycles. The molecule has 0 radical (unpaired) electrons. The summed E-state index contributed by atoms with van der Waals surface area (Å²) in [7, 11) is 3.45. The first-order chi connectivity index (χ1) is 15.7. The number of nitrogens with one attached hydrogen (secondary N) is 2. The zero-order valence-corrected chi connectivity index (χ0v) is 18.6. The van der Waals surface area contributed by atoms with Gasteiger partial charge in [-0.2, -0.15) is 5.10 Å². The normalized spacial score (nSPS) is 15.8. The number of ether oxygens (including phenoxy) is 2. The van der Waals surface area contributed by atoms with Crippen molar-refractivity contribution in [1.29, 1.82) is 0 Å². The quantitative estimate of drug-likeness (QED) is 0.419. The minimum absolute atomic E-state index is 0.253. The predicted octanol–water partition coefficient (Wildman–Crippen LogP) is 2.68. The molecule has 1 unspecified atom stereocenters. The number of hydrogen-bond acceptors (Lipinski definition) is 5. The zero-order chi connectivity index (χ0) is 22.2. The Hall–Kier alpha value is -3.39. The van der Waals surface area contributed by atoms with E-state index in [1.54, 1.807) is 14.2 Å². The molecule has 2 heterocycles. The largest absolute Gasteiger partial charge is 0.489 e. The van der Waals surface area contributed by atoms with Gasteiger partial charge in [-0.25, -0.2) is 9.67 Å². The van der Waals surface area contributed by atoms with Gasteiger partial charge >= 0.3 is 0 Å². The molecule has 4 rings (SSSR count). The Labute approximate surface area is 188 Å². The van der Waals surface area contributed by atoms with Gasteiger partial charge in [0.25, 0.3) is 0 Å². The number of aromatic nitrogens is 3. The first-order valence-corrected chi connectivity index (χ1v) is 10.9. The lowest BCUT2D eigenvalue weighted by molar-refractivity contribution is 0.177. The molecular weight excluding hydrogens is 404 g/mol. The molecule has 0 aliphatic carbocycles. The van der Waals surface area contributed by atoms with Crippen LogP contribution in [0.5, 0.6) is 5.75 Å². The number of guanidine groups is 1. The van der Waals surface area contributed by atoms with Gasteiger partial charge in [0, 0.05) is 33.2 Å². The molecule has 1 aliphatic heterocycles. The van der Waals surface area contributed by atoms with Gasteiger partial charge in [0.2, 0.25) is 0 Å². The Morgan fingerprint density at radius 1 is 1.09 bits per heavy atom. The summed E-state index contributed by atoms with van der Waals surface area (Å²) in [6, 6.07) is 18.5. The zero-order valence-electron chi connectivity index (χ0n) is 18.6. The molecular formula is C24H30N6O2. The predicted molar refractivity (Wildman–Crippen MR) is 123 cm³/mol. The summed E-state index contributed by atoms with van der Waals surface area (Å²) in [5, 5.41) is 11.4. The average Bonchev–Trinajstić information content (AvgIpc) is 3.23. The van der Waals surface area contributed by atoms with E-state index in [0.29, 0.717) is 19.8 Å². The lowest BCUT2D eigenvalue weighted by Gasteiger charge is -2.25. The van der Waals surface area contributed by atoms with E-state index in [4.69, 9.17) is 9.47 Å². The van der Waals surface area contributed by atoms with Crippen molar-refractivity contribution in [3.63, 3.8) is 0 Å². The number of rotatable bonds is 8. The summed E-state index contributed by atoms with van der Waals surface area (Å²) in [5.74, 6) is 3.42. The van der Waals surface area contributed by atoms with Crippen molar-refractivity contribution in [3.8, 4) is 5.75 Å². The van der Waals surface area contributed by atoms with Crippen LogP contribution in [0.2, 0.25) is 0 Å². The number of methoxy groups -OCH3 is 1. The number of fused-ring (bicyclic) bond motifs is 1. The molecule has 0 saturated heterocycles. The van der Waals surface area contributed by atoms with Crippen molar-refractivity contribution in [2.75, 3.05) is 14.2 Å². The highest BCUT2D eigenvalue weighted by molar-refractivity contribution is 5.79. The van der Waals surface area contributed by atoms with Crippen LogP contribution in [0.4, 0.5) is 0 Å². The molecule has 0 spiro atoms. The molecule has 1 aliphatic rings. The van der Waals surface area contributed by atoms with Crippen LogP contribution in [0.25, 0.3) is 0 Å². The fourth-order valence-electron chi connectivity index (χ4n) is 3.68.